The number of alkyl halides is 3. The summed E-state index contributed by atoms with van der Waals surface area (Å²) in [5.74, 6) is -1.00. The largest absolute Gasteiger partial charge is 0.418 e. The third kappa shape index (κ3) is 5.18. The molecule has 0 aliphatic carbocycles. The van der Waals surface area contributed by atoms with Gasteiger partial charge < -0.3 is 5.32 Å². The van der Waals surface area contributed by atoms with E-state index in [-0.39, 0.29) is 18.0 Å². The molecule has 152 valence electrons. The third-order valence-electron chi connectivity index (χ3n) is 4.07. The number of rotatable bonds is 4. The van der Waals surface area contributed by atoms with Gasteiger partial charge in [0, 0.05) is 17.9 Å². The number of para-hydroxylation sites is 1. The molecule has 0 saturated carbocycles. The molecule has 1 aliphatic heterocycles. The minimum Gasteiger partial charge on any atom is -0.325 e. The number of hydrogen-bond donors (Lipinski definition) is 1. The van der Waals surface area contributed by atoms with E-state index in [1.165, 1.54) is 23.1 Å². The Bertz CT molecular complexity index is 964. The Morgan fingerprint density at radius 1 is 1.21 bits per heavy atom. The van der Waals surface area contributed by atoms with Crippen molar-refractivity contribution in [2.75, 3.05) is 12.4 Å². The van der Waals surface area contributed by atoms with Crippen molar-refractivity contribution in [3.05, 3.63) is 58.6 Å². The Morgan fingerprint density at radius 2 is 1.86 bits per heavy atom. The quantitative estimate of drug-likeness (QED) is 0.658. The zero-order valence-electron chi connectivity index (χ0n) is 15.0. The summed E-state index contributed by atoms with van der Waals surface area (Å²) in [7, 11) is 1.55. The molecule has 0 spiro atoms. The number of thioether (sulfide) groups is 1. The second kappa shape index (κ2) is 8.58. The highest BCUT2D eigenvalue weighted by atomic mass is 79.9. The van der Waals surface area contributed by atoms with Crippen LogP contribution < -0.4 is 5.32 Å². The summed E-state index contributed by atoms with van der Waals surface area (Å²) in [6.07, 6.45) is -4.86. The zero-order chi connectivity index (χ0) is 21.2. The summed E-state index contributed by atoms with van der Waals surface area (Å²) >= 11 is 4.43. The monoisotopic (exact) mass is 485 g/mol. The second-order valence-corrected chi connectivity index (χ2v) is 8.26. The first-order chi connectivity index (χ1) is 13.6. The van der Waals surface area contributed by atoms with Crippen LogP contribution >= 0.6 is 27.7 Å². The topological polar surface area (TPSA) is 61.8 Å². The van der Waals surface area contributed by atoms with E-state index in [1.807, 2.05) is 12.1 Å². The number of anilines is 1. The van der Waals surface area contributed by atoms with Gasteiger partial charge in [-0.1, -0.05) is 39.8 Å². The number of hydrogen-bond acceptors (Lipinski definition) is 4. The summed E-state index contributed by atoms with van der Waals surface area (Å²) in [4.78, 5) is 30.5. The Labute approximate surface area is 177 Å². The predicted octanol–water partition coefficient (Wildman–Crippen LogP) is 5.06. The van der Waals surface area contributed by atoms with Gasteiger partial charge in [0.25, 0.3) is 0 Å². The number of halogens is 4. The lowest BCUT2D eigenvalue weighted by molar-refractivity contribution is -0.137. The smallest absolute Gasteiger partial charge is 0.325 e. The summed E-state index contributed by atoms with van der Waals surface area (Å²) in [6.45, 7) is 0. The van der Waals surface area contributed by atoms with Crippen LogP contribution in [0.15, 0.2) is 58.0 Å². The Kier molecular flexibility index (Phi) is 6.33. The number of nitrogens with one attached hydrogen (secondary N) is 1. The minimum absolute atomic E-state index is 0.264. The lowest BCUT2D eigenvalue weighted by atomic mass is 10.1. The number of carbonyl (C=O) groups excluding carboxylic acids is 2. The Balaban J connectivity index is 1.70. The molecule has 2 aromatic carbocycles. The molecule has 1 heterocycles. The van der Waals surface area contributed by atoms with Crippen molar-refractivity contribution in [2.24, 2.45) is 4.99 Å². The molecule has 2 aromatic rings. The molecule has 1 fully saturated rings. The molecular weight excluding hydrogens is 471 g/mol. The van der Waals surface area contributed by atoms with Crippen LogP contribution in [-0.4, -0.2) is 34.2 Å². The normalized spacial score (nSPS) is 18.4. The van der Waals surface area contributed by atoms with Crippen LogP contribution in [0.3, 0.4) is 0 Å². The van der Waals surface area contributed by atoms with Crippen LogP contribution in [0.4, 0.5) is 24.5 Å². The summed E-state index contributed by atoms with van der Waals surface area (Å²) in [5.41, 5.74) is -0.634. The highest BCUT2D eigenvalue weighted by Crippen LogP contribution is 2.35. The van der Waals surface area contributed by atoms with Gasteiger partial charge in [-0.3, -0.25) is 14.5 Å². The highest BCUT2D eigenvalue weighted by Gasteiger charge is 2.38. The number of nitrogens with zero attached hydrogens (tertiary/aromatic N) is 2. The van der Waals surface area contributed by atoms with Crippen molar-refractivity contribution in [2.45, 2.75) is 17.8 Å². The molecule has 3 rings (SSSR count). The fourth-order valence-corrected chi connectivity index (χ4v) is 4.05. The number of amidine groups is 1. The maximum absolute atomic E-state index is 13.1. The van der Waals surface area contributed by atoms with Crippen molar-refractivity contribution in [1.82, 2.24) is 4.90 Å². The van der Waals surface area contributed by atoms with Crippen LogP contribution in [0.2, 0.25) is 0 Å². The molecule has 1 N–H and O–H groups in total. The van der Waals surface area contributed by atoms with Crippen molar-refractivity contribution in [3.8, 4) is 0 Å². The maximum Gasteiger partial charge on any atom is 0.418 e. The molecule has 1 atom stereocenters. The lowest BCUT2D eigenvalue weighted by Crippen LogP contribution is -2.30. The van der Waals surface area contributed by atoms with Crippen LogP contribution in [-0.2, 0) is 15.8 Å². The van der Waals surface area contributed by atoms with E-state index < -0.39 is 22.9 Å². The van der Waals surface area contributed by atoms with E-state index in [2.05, 4.69) is 26.2 Å². The number of carbonyl (C=O) groups is 2. The highest BCUT2D eigenvalue weighted by molar-refractivity contribution is 9.10. The predicted molar refractivity (Wildman–Crippen MR) is 110 cm³/mol. The Hall–Kier alpha value is -2.33. The summed E-state index contributed by atoms with van der Waals surface area (Å²) in [6, 6.07) is 11.9. The van der Waals surface area contributed by atoms with Crippen molar-refractivity contribution in [3.63, 3.8) is 0 Å². The average molecular weight is 486 g/mol. The molecule has 5 nitrogen and oxygen atoms in total. The fraction of sp³-hybridized carbons (Fsp3) is 0.211. The molecule has 2 amide bonds. The van der Waals surface area contributed by atoms with E-state index in [0.29, 0.717) is 10.9 Å². The number of amides is 2. The maximum atomic E-state index is 13.1. The first-order valence-electron chi connectivity index (χ1n) is 8.39. The summed E-state index contributed by atoms with van der Waals surface area (Å²) in [5, 5.41) is 1.93. The fourth-order valence-electron chi connectivity index (χ4n) is 2.63. The van der Waals surface area contributed by atoms with Gasteiger partial charge in [0.1, 0.15) is 5.25 Å². The number of benzene rings is 2. The standard InChI is InChI=1S/C19H15BrF3N3O2S/c1-26-17(28)15(29-18(26)24-12-8-6-11(20)7-9-12)10-16(27)25-14-5-3-2-4-13(14)19(21,22)23/h2-9,15H,10H2,1H3,(H,25,27)/t15-/m0/s1. The van der Waals surface area contributed by atoms with Crippen molar-refractivity contribution < 1.29 is 22.8 Å². The van der Waals surface area contributed by atoms with Gasteiger partial charge in [-0.25, -0.2) is 4.99 Å². The number of aliphatic imine (C=N–C) groups is 1. The third-order valence-corrected chi connectivity index (χ3v) is 5.83. The van der Waals surface area contributed by atoms with Crippen LogP contribution in [0.25, 0.3) is 0 Å². The Morgan fingerprint density at radius 3 is 2.52 bits per heavy atom. The van der Waals surface area contributed by atoms with Crippen LogP contribution in [0.5, 0.6) is 0 Å². The van der Waals surface area contributed by atoms with Crippen molar-refractivity contribution >= 4 is 56.0 Å². The molecule has 0 unspecified atom stereocenters. The molecule has 0 bridgehead atoms. The zero-order valence-corrected chi connectivity index (χ0v) is 17.4. The molecule has 1 saturated heterocycles. The van der Waals surface area contributed by atoms with E-state index in [0.717, 1.165) is 22.3 Å². The van der Waals surface area contributed by atoms with Gasteiger partial charge in [0.05, 0.1) is 16.9 Å². The first kappa shape index (κ1) is 21.4. The van der Waals surface area contributed by atoms with E-state index in [9.17, 15) is 22.8 Å². The molecule has 29 heavy (non-hydrogen) atoms. The van der Waals surface area contributed by atoms with Gasteiger partial charge in [-0.05, 0) is 36.4 Å². The second-order valence-electron chi connectivity index (χ2n) is 6.17. The van der Waals surface area contributed by atoms with Crippen LogP contribution in [0, 0.1) is 0 Å². The van der Waals surface area contributed by atoms with Gasteiger partial charge in [0.2, 0.25) is 11.8 Å². The minimum atomic E-state index is -4.59. The first-order valence-corrected chi connectivity index (χ1v) is 10.1. The molecule has 1 aliphatic rings. The average Bonchev–Trinajstić information content (AvgIpc) is 2.91. The lowest BCUT2D eigenvalue weighted by Gasteiger charge is -2.14. The summed E-state index contributed by atoms with van der Waals surface area (Å²) < 4.78 is 40.1. The van der Waals surface area contributed by atoms with Gasteiger partial charge in [0.15, 0.2) is 5.17 Å². The van der Waals surface area contributed by atoms with Gasteiger partial charge in [-0.2, -0.15) is 13.2 Å². The molecule has 0 radical (unpaired) electrons. The van der Waals surface area contributed by atoms with E-state index in [4.69, 9.17) is 0 Å². The molecular formula is C19H15BrF3N3O2S. The van der Waals surface area contributed by atoms with Gasteiger partial charge in [-0.15, -0.1) is 0 Å². The van der Waals surface area contributed by atoms with E-state index >= 15 is 0 Å². The molecule has 10 heteroatoms. The van der Waals surface area contributed by atoms with Crippen LogP contribution in [0.1, 0.15) is 12.0 Å². The SMILES string of the molecule is CN1C(=O)[C@H](CC(=O)Nc2ccccc2C(F)(F)F)SC1=Nc1ccc(Br)cc1. The molecule has 0 aromatic heterocycles. The van der Waals surface area contributed by atoms with Gasteiger partial charge >= 0.3 is 6.18 Å². The van der Waals surface area contributed by atoms with Crippen molar-refractivity contribution in [1.29, 1.82) is 0 Å². The van der Waals surface area contributed by atoms with E-state index in [1.54, 1.807) is 19.2 Å².